The number of methoxy groups -OCH3 is 1. The van der Waals surface area contributed by atoms with Gasteiger partial charge >= 0.3 is 5.97 Å². The molecule has 0 aliphatic heterocycles. The molecule has 0 saturated carbocycles. The van der Waals surface area contributed by atoms with Crippen molar-refractivity contribution in [2.24, 2.45) is 0 Å². The van der Waals surface area contributed by atoms with Crippen LogP contribution in [0.2, 0.25) is 0 Å². The van der Waals surface area contributed by atoms with Crippen LogP contribution in [-0.2, 0) is 14.3 Å². The predicted molar refractivity (Wildman–Crippen MR) is 193 cm³/mol. The van der Waals surface area contributed by atoms with E-state index in [4.69, 9.17) is 4.74 Å². The predicted octanol–water partition coefficient (Wildman–Crippen LogP) is 8.12. The van der Waals surface area contributed by atoms with Crippen molar-refractivity contribution in [3.8, 4) is 0 Å². The molecular formula is C38H30BrN3O5S. The highest BCUT2D eigenvalue weighted by molar-refractivity contribution is 9.10. The zero-order valence-corrected chi connectivity index (χ0v) is 28.1. The fraction of sp³-hybridized carbons (Fsp3) is 0.0526. The molecule has 0 spiro atoms. The molecule has 10 heteroatoms. The Morgan fingerprint density at radius 2 is 1.42 bits per heavy atom. The Morgan fingerprint density at radius 3 is 2.12 bits per heavy atom. The quantitative estimate of drug-likeness (QED) is 0.0722. The van der Waals surface area contributed by atoms with Crippen molar-refractivity contribution in [3.05, 3.63) is 166 Å². The fourth-order valence-electron chi connectivity index (χ4n) is 4.63. The second kappa shape index (κ2) is 16.4. The van der Waals surface area contributed by atoms with Gasteiger partial charge in [0.2, 0.25) is 5.91 Å². The molecule has 0 heterocycles. The number of anilines is 2. The lowest BCUT2D eigenvalue weighted by Crippen LogP contribution is -2.30. The van der Waals surface area contributed by atoms with Gasteiger partial charge in [0.05, 0.1) is 18.4 Å². The van der Waals surface area contributed by atoms with Crippen molar-refractivity contribution in [2.45, 2.75) is 10.1 Å². The minimum absolute atomic E-state index is 0.0510. The second-order valence-electron chi connectivity index (χ2n) is 10.3. The molecule has 0 saturated heterocycles. The number of amides is 3. The molecule has 5 aromatic carbocycles. The van der Waals surface area contributed by atoms with Gasteiger partial charge in [-0.2, -0.15) is 0 Å². The van der Waals surface area contributed by atoms with E-state index in [0.29, 0.717) is 27.4 Å². The molecule has 0 radical (unpaired) electrons. The Balaban J connectivity index is 1.38. The standard InChI is InChI=1S/C38H30BrN3O5S/c1-47-38(46)31-17-8-9-18-32(31)41-37(45)34(26-11-4-2-5-12-26)48-30-16-10-15-29(24-30)40-36(44)33(23-25-19-21-28(39)22-20-25)42-35(43)27-13-6-3-7-14-27/h2-24,34H,1H3,(H,40,44)(H,41,45)(H,42,43)/b33-23+. The van der Waals surface area contributed by atoms with Crippen molar-refractivity contribution in [3.63, 3.8) is 0 Å². The summed E-state index contributed by atoms with van der Waals surface area (Å²) in [4.78, 5) is 53.4. The lowest BCUT2D eigenvalue weighted by Gasteiger charge is -2.19. The summed E-state index contributed by atoms with van der Waals surface area (Å²) in [5, 5.41) is 7.81. The van der Waals surface area contributed by atoms with Gasteiger partial charge in [-0.15, -0.1) is 11.8 Å². The van der Waals surface area contributed by atoms with E-state index in [9.17, 15) is 19.2 Å². The van der Waals surface area contributed by atoms with E-state index >= 15 is 0 Å². The Morgan fingerprint density at radius 1 is 0.750 bits per heavy atom. The number of thioether (sulfide) groups is 1. The first-order valence-corrected chi connectivity index (χ1v) is 16.4. The second-order valence-corrected chi connectivity index (χ2v) is 12.4. The molecule has 3 amide bonds. The summed E-state index contributed by atoms with van der Waals surface area (Å²) in [7, 11) is 1.28. The van der Waals surface area contributed by atoms with Gasteiger partial charge in [-0.05, 0) is 71.8 Å². The highest BCUT2D eigenvalue weighted by Crippen LogP contribution is 2.37. The number of para-hydroxylation sites is 1. The largest absolute Gasteiger partial charge is 0.465 e. The minimum Gasteiger partial charge on any atom is -0.465 e. The van der Waals surface area contributed by atoms with Gasteiger partial charge in [0, 0.05) is 20.6 Å². The summed E-state index contributed by atoms with van der Waals surface area (Å²) in [6.45, 7) is 0. The molecular weight excluding hydrogens is 690 g/mol. The van der Waals surface area contributed by atoms with E-state index in [-0.39, 0.29) is 17.2 Å². The van der Waals surface area contributed by atoms with Gasteiger partial charge in [0.1, 0.15) is 10.9 Å². The number of benzene rings is 5. The average Bonchev–Trinajstić information content (AvgIpc) is 3.12. The number of nitrogens with one attached hydrogen (secondary N) is 3. The number of carbonyl (C=O) groups excluding carboxylic acids is 4. The first-order valence-electron chi connectivity index (χ1n) is 14.8. The van der Waals surface area contributed by atoms with E-state index in [1.807, 2.05) is 60.7 Å². The maximum absolute atomic E-state index is 13.7. The van der Waals surface area contributed by atoms with Crippen molar-refractivity contribution >= 4 is 68.8 Å². The van der Waals surface area contributed by atoms with E-state index < -0.39 is 23.0 Å². The Hall–Kier alpha value is -5.45. The van der Waals surface area contributed by atoms with Crippen LogP contribution in [0.25, 0.3) is 6.08 Å². The van der Waals surface area contributed by atoms with Gasteiger partial charge in [-0.3, -0.25) is 14.4 Å². The van der Waals surface area contributed by atoms with Crippen molar-refractivity contribution in [2.75, 3.05) is 17.7 Å². The summed E-state index contributed by atoms with van der Waals surface area (Å²) < 4.78 is 5.76. The van der Waals surface area contributed by atoms with E-state index in [2.05, 4.69) is 31.9 Å². The first-order chi connectivity index (χ1) is 23.3. The first kappa shape index (κ1) is 33.9. The Bertz CT molecular complexity index is 1950. The molecule has 5 rings (SSSR count). The highest BCUT2D eigenvalue weighted by Gasteiger charge is 2.24. The number of hydrogen-bond acceptors (Lipinski definition) is 6. The maximum Gasteiger partial charge on any atom is 0.339 e. The van der Waals surface area contributed by atoms with Gasteiger partial charge in [0.25, 0.3) is 11.8 Å². The van der Waals surface area contributed by atoms with E-state index in [1.165, 1.54) is 18.9 Å². The lowest BCUT2D eigenvalue weighted by atomic mass is 10.1. The number of rotatable bonds is 11. The Kier molecular flexibility index (Phi) is 11.6. The molecule has 0 fully saturated rings. The van der Waals surface area contributed by atoms with E-state index in [1.54, 1.807) is 78.9 Å². The van der Waals surface area contributed by atoms with Crippen LogP contribution in [0.1, 0.15) is 37.1 Å². The summed E-state index contributed by atoms with van der Waals surface area (Å²) in [6, 6.07) is 38.9. The molecule has 5 aromatic rings. The molecule has 240 valence electrons. The smallest absolute Gasteiger partial charge is 0.339 e. The van der Waals surface area contributed by atoms with Gasteiger partial charge in [-0.25, -0.2) is 4.79 Å². The van der Waals surface area contributed by atoms with Crippen molar-refractivity contribution in [1.29, 1.82) is 0 Å². The zero-order valence-electron chi connectivity index (χ0n) is 25.7. The zero-order chi connectivity index (χ0) is 33.9. The molecule has 0 bridgehead atoms. The van der Waals surface area contributed by atoms with Gasteiger partial charge in [0.15, 0.2) is 0 Å². The van der Waals surface area contributed by atoms with Gasteiger partial charge < -0.3 is 20.7 Å². The summed E-state index contributed by atoms with van der Waals surface area (Å²) in [6.07, 6.45) is 1.60. The normalized spacial score (nSPS) is 11.6. The molecule has 8 nitrogen and oxygen atoms in total. The molecule has 0 aliphatic carbocycles. The van der Waals surface area contributed by atoms with Gasteiger partial charge in [-0.1, -0.05) is 94.8 Å². The Labute approximate surface area is 290 Å². The van der Waals surface area contributed by atoms with Crippen LogP contribution < -0.4 is 16.0 Å². The van der Waals surface area contributed by atoms with Crippen LogP contribution >= 0.6 is 27.7 Å². The van der Waals surface area contributed by atoms with Crippen molar-refractivity contribution in [1.82, 2.24) is 5.32 Å². The molecule has 0 aromatic heterocycles. The van der Waals surface area contributed by atoms with Crippen LogP contribution in [-0.4, -0.2) is 30.8 Å². The number of hydrogen-bond donors (Lipinski definition) is 3. The summed E-state index contributed by atoms with van der Waals surface area (Å²) >= 11 is 4.70. The van der Waals surface area contributed by atoms with Crippen LogP contribution in [0.3, 0.4) is 0 Å². The van der Waals surface area contributed by atoms with Crippen LogP contribution in [0.5, 0.6) is 0 Å². The van der Waals surface area contributed by atoms with Crippen molar-refractivity contribution < 1.29 is 23.9 Å². The monoisotopic (exact) mass is 719 g/mol. The SMILES string of the molecule is COC(=O)c1ccccc1NC(=O)C(Sc1cccc(NC(=O)/C(=C\c2ccc(Br)cc2)NC(=O)c2ccccc2)c1)c1ccccc1. The van der Waals surface area contributed by atoms with Crippen LogP contribution in [0.4, 0.5) is 11.4 Å². The molecule has 0 aliphatic rings. The van der Waals surface area contributed by atoms with Crippen LogP contribution in [0, 0.1) is 0 Å². The molecule has 3 N–H and O–H groups in total. The topological polar surface area (TPSA) is 114 Å². The highest BCUT2D eigenvalue weighted by atomic mass is 79.9. The number of esters is 1. The van der Waals surface area contributed by atoms with Crippen LogP contribution in [0.15, 0.2) is 149 Å². The number of carbonyl (C=O) groups is 4. The average molecular weight is 721 g/mol. The third-order valence-corrected chi connectivity index (χ3v) is 8.76. The summed E-state index contributed by atoms with van der Waals surface area (Å²) in [5.41, 5.74) is 2.95. The molecule has 1 atom stereocenters. The third kappa shape index (κ3) is 9.09. The number of halogens is 1. The maximum atomic E-state index is 13.7. The fourth-order valence-corrected chi connectivity index (χ4v) is 5.98. The van der Waals surface area contributed by atoms with E-state index in [0.717, 1.165) is 10.0 Å². The molecule has 48 heavy (non-hydrogen) atoms. The lowest BCUT2D eigenvalue weighted by molar-refractivity contribution is -0.116. The third-order valence-electron chi connectivity index (χ3n) is 6.99. The minimum atomic E-state index is -0.708. The number of ether oxygens (including phenoxy) is 1. The summed E-state index contributed by atoms with van der Waals surface area (Å²) in [5.74, 6) is -1.86. The molecule has 1 unspecified atom stereocenters.